The molecule has 124 valence electrons. The molecule has 2 aromatic rings. The lowest BCUT2D eigenvalue weighted by Crippen LogP contribution is -2.32. The molecule has 24 heavy (non-hydrogen) atoms. The first kappa shape index (κ1) is 17.8. The van der Waals surface area contributed by atoms with Crippen molar-refractivity contribution in [3.05, 3.63) is 76.8 Å². The number of hydrogen-bond donors (Lipinski definition) is 1. The second kappa shape index (κ2) is 8.89. The molecule has 0 spiro atoms. The Hall–Kier alpha value is -2.59. The minimum atomic E-state index is -0.434. The van der Waals surface area contributed by atoms with Crippen molar-refractivity contribution in [1.82, 2.24) is 4.90 Å². The minimum absolute atomic E-state index is 0.124. The molecule has 0 aromatic heterocycles. The molecule has 2 rings (SSSR count). The van der Waals surface area contributed by atoms with E-state index < -0.39 is 5.91 Å². The smallest absolute Gasteiger partial charge is 0.246 e. The maximum atomic E-state index is 12.5. The number of amides is 2. The van der Waals surface area contributed by atoms with Crippen molar-refractivity contribution in [2.75, 3.05) is 6.54 Å². The van der Waals surface area contributed by atoms with Crippen LogP contribution in [0.3, 0.4) is 0 Å². The van der Waals surface area contributed by atoms with E-state index >= 15 is 0 Å². The molecule has 0 saturated heterocycles. The van der Waals surface area contributed by atoms with E-state index in [0.717, 1.165) is 11.1 Å². The zero-order chi connectivity index (χ0) is 17.4. The zero-order valence-corrected chi connectivity index (χ0v) is 13.9. The number of hydrogen-bond acceptors (Lipinski definition) is 2. The van der Waals surface area contributed by atoms with E-state index in [1.807, 2.05) is 48.5 Å². The predicted molar refractivity (Wildman–Crippen MR) is 96.2 cm³/mol. The third-order valence-corrected chi connectivity index (χ3v) is 3.81. The van der Waals surface area contributed by atoms with Gasteiger partial charge in [0.2, 0.25) is 11.8 Å². The number of primary amides is 1. The van der Waals surface area contributed by atoms with Gasteiger partial charge in [0.05, 0.1) is 0 Å². The van der Waals surface area contributed by atoms with E-state index in [1.54, 1.807) is 17.0 Å². The van der Waals surface area contributed by atoms with Crippen LogP contribution < -0.4 is 5.73 Å². The first-order valence-corrected chi connectivity index (χ1v) is 7.98. The molecule has 0 bridgehead atoms. The molecule has 5 heteroatoms. The first-order valence-electron chi connectivity index (χ1n) is 7.60. The molecule has 4 nitrogen and oxygen atoms in total. The van der Waals surface area contributed by atoms with E-state index in [0.29, 0.717) is 11.6 Å². The van der Waals surface area contributed by atoms with Gasteiger partial charge in [-0.25, -0.2) is 0 Å². The summed E-state index contributed by atoms with van der Waals surface area (Å²) >= 11 is 6.08. The van der Waals surface area contributed by atoms with Crippen LogP contribution in [-0.4, -0.2) is 23.3 Å². The molecule has 2 aromatic carbocycles. The van der Waals surface area contributed by atoms with Gasteiger partial charge in [0.25, 0.3) is 0 Å². The maximum Gasteiger partial charge on any atom is 0.246 e. The summed E-state index contributed by atoms with van der Waals surface area (Å²) in [4.78, 5) is 25.1. The van der Waals surface area contributed by atoms with Gasteiger partial charge < -0.3 is 10.6 Å². The highest BCUT2D eigenvalue weighted by molar-refractivity contribution is 6.32. The standard InChI is InChI=1S/C19H19ClN2O2/c20-17-9-5-4-8-16(17)10-11-19(24)22(13-12-18(21)23)14-15-6-2-1-3-7-15/h1-11H,12-14H2,(H2,21,23)/b11-10+. The minimum Gasteiger partial charge on any atom is -0.370 e. The van der Waals surface area contributed by atoms with Crippen molar-refractivity contribution in [1.29, 1.82) is 0 Å². The van der Waals surface area contributed by atoms with Crippen LogP contribution in [0.2, 0.25) is 5.02 Å². The molecule has 2 N–H and O–H groups in total. The summed E-state index contributed by atoms with van der Waals surface area (Å²) in [5.41, 5.74) is 6.96. The number of benzene rings is 2. The molecule has 0 saturated carbocycles. The number of rotatable bonds is 7. The van der Waals surface area contributed by atoms with Gasteiger partial charge in [-0.05, 0) is 23.3 Å². The number of halogens is 1. The van der Waals surface area contributed by atoms with E-state index in [4.69, 9.17) is 17.3 Å². The van der Waals surface area contributed by atoms with Crippen molar-refractivity contribution in [3.63, 3.8) is 0 Å². The van der Waals surface area contributed by atoms with Crippen LogP contribution in [0.4, 0.5) is 0 Å². The summed E-state index contributed by atoms with van der Waals surface area (Å²) in [6.45, 7) is 0.690. The van der Waals surface area contributed by atoms with Crippen molar-refractivity contribution < 1.29 is 9.59 Å². The molecule has 0 aliphatic heterocycles. The van der Waals surface area contributed by atoms with Crippen LogP contribution >= 0.6 is 11.6 Å². The lowest BCUT2D eigenvalue weighted by Gasteiger charge is -2.20. The molecule has 0 heterocycles. The highest BCUT2D eigenvalue weighted by Crippen LogP contribution is 2.16. The monoisotopic (exact) mass is 342 g/mol. The quantitative estimate of drug-likeness (QED) is 0.785. The summed E-state index contributed by atoms with van der Waals surface area (Å²) in [5, 5.41) is 0.577. The summed E-state index contributed by atoms with van der Waals surface area (Å²) in [7, 11) is 0. The lowest BCUT2D eigenvalue weighted by atomic mass is 10.2. The van der Waals surface area contributed by atoms with Gasteiger partial charge in [-0.1, -0.05) is 60.1 Å². The molecule has 0 aliphatic carbocycles. The molecular formula is C19H19ClN2O2. The highest BCUT2D eigenvalue weighted by atomic mass is 35.5. The number of carbonyl (C=O) groups excluding carboxylic acids is 2. The number of carbonyl (C=O) groups is 2. The molecule has 0 fully saturated rings. The van der Waals surface area contributed by atoms with Crippen molar-refractivity contribution >= 4 is 29.5 Å². The van der Waals surface area contributed by atoms with Crippen LogP contribution in [0.5, 0.6) is 0 Å². The fourth-order valence-electron chi connectivity index (χ4n) is 2.19. The topological polar surface area (TPSA) is 63.4 Å². The van der Waals surface area contributed by atoms with Crippen LogP contribution in [0, 0.1) is 0 Å². The Balaban J connectivity index is 2.11. The third kappa shape index (κ3) is 5.56. The summed E-state index contributed by atoms with van der Waals surface area (Å²) < 4.78 is 0. The van der Waals surface area contributed by atoms with Gasteiger partial charge >= 0.3 is 0 Å². The third-order valence-electron chi connectivity index (χ3n) is 3.47. The van der Waals surface area contributed by atoms with Crippen molar-refractivity contribution in [2.45, 2.75) is 13.0 Å². The molecule has 0 radical (unpaired) electrons. The Morgan fingerprint density at radius 3 is 2.38 bits per heavy atom. The van der Waals surface area contributed by atoms with Gasteiger partial charge in [-0.3, -0.25) is 9.59 Å². The van der Waals surface area contributed by atoms with Gasteiger partial charge in [-0.15, -0.1) is 0 Å². The molecule has 0 aliphatic rings. The van der Waals surface area contributed by atoms with Crippen molar-refractivity contribution in [3.8, 4) is 0 Å². The largest absolute Gasteiger partial charge is 0.370 e. The Morgan fingerprint density at radius 1 is 1.04 bits per heavy atom. The van der Waals surface area contributed by atoms with Crippen LogP contribution in [0.1, 0.15) is 17.5 Å². The Morgan fingerprint density at radius 2 is 1.71 bits per heavy atom. The first-order chi connectivity index (χ1) is 11.6. The normalized spacial score (nSPS) is 10.7. The molecular weight excluding hydrogens is 324 g/mol. The van der Waals surface area contributed by atoms with Crippen LogP contribution in [0.25, 0.3) is 6.08 Å². The summed E-state index contributed by atoms with van der Waals surface area (Å²) in [5.74, 6) is -0.629. The predicted octanol–water partition coefficient (Wildman–Crippen LogP) is 3.26. The van der Waals surface area contributed by atoms with E-state index in [9.17, 15) is 9.59 Å². The molecule has 0 atom stereocenters. The van der Waals surface area contributed by atoms with E-state index in [1.165, 1.54) is 6.08 Å². The lowest BCUT2D eigenvalue weighted by molar-refractivity contribution is -0.127. The highest BCUT2D eigenvalue weighted by Gasteiger charge is 2.12. The fourth-order valence-corrected chi connectivity index (χ4v) is 2.39. The van der Waals surface area contributed by atoms with E-state index in [2.05, 4.69) is 0 Å². The zero-order valence-electron chi connectivity index (χ0n) is 13.2. The second-order valence-electron chi connectivity index (χ2n) is 5.32. The van der Waals surface area contributed by atoms with Gasteiger partial charge in [0.1, 0.15) is 0 Å². The summed E-state index contributed by atoms with van der Waals surface area (Å²) in [6, 6.07) is 16.9. The van der Waals surface area contributed by atoms with Gasteiger partial charge in [0.15, 0.2) is 0 Å². The Bertz CT molecular complexity index is 729. The SMILES string of the molecule is NC(=O)CCN(Cc1ccccc1)C(=O)/C=C/c1ccccc1Cl. The molecule has 2 amide bonds. The maximum absolute atomic E-state index is 12.5. The van der Waals surface area contributed by atoms with Crippen LogP contribution in [-0.2, 0) is 16.1 Å². The number of nitrogens with two attached hydrogens (primary N) is 1. The Kier molecular flexibility index (Phi) is 6.58. The van der Waals surface area contributed by atoms with Gasteiger partial charge in [0, 0.05) is 30.6 Å². The average Bonchev–Trinajstić information content (AvgIpc) is 2.58. The van der Waals surface area contributed by atoms with E-state index in [-0.39, 0.29) is 18.9 Å². The van der Waals surface area contributed by atoms with Gasteiger partial charge in [-0.2, -0.15) is 0 Å². The van der Waals surface area contributed by atoms with Crippen LogP contribution in [0.15, 0.2) is 60.7 Å². The average molecular weight is 343 g/mol. The Labute approximate surface area is 146 Å². The molecule has 0 unspecified atom stereocenters. The summed E-state index contributed by atoms with van der Waals surface area (Å²) in [6.07, 6.45) is 3.26. The fraction of sp³-hybridized carbons (Fsp3) is 0.158. The van der Waals surface area contributed by atoms with Crippen molar-refractivity contribution in [2.24, 2.45) is 5.73 Å². The number of nitrogens with zero attached hydrogens (tertiary/aromatic N) is 1. The second-order valence-corrected chi connectivity index (χ2v) is 5.72.